The zero-order valence-corrected chi connectivity index (χ0v) is 8.10. The van der Waals surface area contributed by atoms with Gasteiger partial charge in [-0.05, 0) is 31.2 Å². The maximum atomic E-state index is 12.0. The van der Waals surface area contributed by atoms with Gasteiger partial charge in [0.15, 0.2) is 0 Å². The Morgan fingerprint density at radius 3 is 2.67 bits per heavy atom. The van der Waals surface area contributed by atoms with E-state index in [9.17, 15) is 18.0 Å². The monoisotopic (exact) mass is 222 g/mol. The normalized spacial score (nSPS) is 35.3. The molecule has 0 aromatic rings. The molecular weight excluding hydrogens is 209 g/mol. The molecule has 1 amide bonds. The van der Waals surface area contributed by atoms with Crippen LogP contribution in [0.2, 0.25) is 0 Å². The van der Waals surface area contributed by atoms with Crippen molar-refractivity contribution in [2.75, 3.05) is 13.1 Å². The smallest absolute Gasteiger partial charge is 0.345 e. The predicted octanol–water partition coefficient (Wildman–Crippen LogP) is 0.663. The highest BCUT2D eigenvalue weighted by atomic mass is 19.4. The van der Waals surface area contributed by atoms with Crippen LogP contribution in [0.25, 0.3) is 0 Å². The fourth-order valence-electron chi connectivity index (χ4n) is 2.58. The third-order valence-corrected chi connectivity index (χ3v) is 3.33. The summed E-state index contributed by atoms with van der Waals surface area (Å²) >= 11 is 0. The molecule has 3 nitrogen and oxygen atoms in total. The topological polar surface area (TPSA) is 41.1 Å². The van der Waals surface area contributed by atoms with Crippen molar-refractivity contribution < 1.29 is 18.0 Å². The van der Waals surface area contributed by atoms with Crippen molar-refractivity contribution in [3.05, 3.63) is 0 Å². The van der Waals surface area contributed by atoms with Crippen molar-refractivity contribution in [3.63, 3.8) is 0 Å². The minimum absolute atomic E-state index is 0.177. The lowest BCUT2D eigenvalue weighted by molar-refractivity contribution is -0.174. The second-order valence-electron chi connectivity index (χ2n) is 4.24. The Morgan fingerprint density at radius 2 is 2.00 bits per heavy atom. The lowest BCUT2D eigenvalue weighted by Gasteiger charge is -2.20. The summed E-state index contributed by atoms with van der Waals surface area (Å²) in [5, 5.41) is 5.22. The molecular formula is C9H13F3N2O. The number of nitrogens with one attached hydrogen (secondary N) is 2. The Kier molecular flexibility index (Phi) is 2.62. The molecule has 0 bridgehead atoms. The molecule has 2 rings (SSSR count). The van der Waals surface area contributed by atoms with Gasteiger partial charge < -0.3 is 10.6 Å². The van der Waals surface area contributed by atoms with Crippen LogP contribution < -0.4 is 10.6 Å². The van der Waals surface area contributed by atoms with Gasteiger partial charge in [-0.3, -0.25) is 4.79 Å². The molecule has 86 valence electrons. The van der Waals surface area contributed by atoms with Crippen molar-refractivity contribution in [1.82, 2.24) is 10.6 Å². The number of fused-ring (bicyclic) bond motifs is 1. The van der Waals surface area contributed by atoms with Crippen molar-refractivity contribution >= 4 is 5.91 Å². The number of carbonyl (C=O) groups is 1. The van der Waals surface area contributed by atoms with E-state index in [2.05, 4.69) is 10.6 Å². The first-order chi connectivity index (χ1) is 6.98. The van der Waals surface area contributed by atoms with Crippen molar-refractivity contribution in [1.29, 1.82) is 0 Å². The number of halogens is 3. The van der Waals surface area contributed by atoms with Crippen LogP contribution in [0, 0.1) is 11.8 Å². The summed E-state index contributed by atoms with van der Waals surface area (Å²) in [6, 6.07) is -0.306. The number of rotatable bonds is 1. The van der Waals surface area contributed by atoms with Crippen LogP contribution in [0.1, 0.15) is 12.8 Å². The molecule has 1 saturated carbocycles. The standard InChI is InChI=1S/C9H13F3N2O/c10-9(11,12)8(15)14-7-2-1-5-3-13-4-6(5)7/h5-7,13H,1-4H2,(H,14,15). The number of hydrogen-bond donors (Lipinski definition) is 2. The Hall–Kier alpha value is -0.780. The zero-order chi connectivity index (χ0) is 11.1. The minimum Gasteiger partial charge on any atom is -0.345 e. The van der Waals surface area contributed by atoms with Crippen LogP contribution in [-0.4, -0.2) is 31.2 Å². The average molecular weight is 222 g/mol. The van der Waals surface area contributed by atoms with Crippen LogP contribution in [-0.2, 0) is 4.79 Å². The highest BCUT2D eigenvalue weighted by molar-refractivity contribution is 5.82. The fourth-order valence-corrected chi connectivity index (χ4v) is 2.58. The van der Waals surface area contributed by atoms with E-state index in [-0.39, 0.29) is 12.0 Å². The van der Waals surface area contributed by atoms with Gasteiger partial charge >= 0.3 is 12.1 Å². The maximum Gasteiger partial charge on any atom is 0.471 e. The van der Waals surface area contributed by atoms with E-state index in [1.807, 2.05) is 0 Å². The van der Waals surface area contributed by atoms with Crippen molar-refractivity contribution in [2.45, 2.75) is 25.1 Å². The van der Waals surface area contributed by atoms with Crippen molar-refractivity contribution in [2.24, 2.45) is 11.8 Å². The van der Waals surface area contributed by atoms with E-state index < -0.39 is 12.1 Å². The molecule has 6 heteroatoms. The quantitative estimate of drug-likeness (QED) is 0.684. The maximum absolute atomic E-state index is 12.0. The zero-order valence-electron chi connectivity index (χ0n) is 8.10. The molecule has 1 aliphatic heterocycles. The third-order valence-electron chi connectivity index (χ3n) is 3.33. The molecule has 15 heavy (non-hydrogen) atoms. The van der Waals surface area contributed by atoms with E-state index >= 15 is 0 Å². The summed E-state index contributed by atoms with van der Waals surface area (Å²) in [6.45, 7) is 1.58. The van der Waals surface area contributed by atoms with Gasteiger partial charge in [0.05, 0.1) is 0 Å². The number of amides is 1. The predicted molar refractivity (Wildman–Crippen MR) is 47.1 cm³/mol. The van der Waals surface area contributed by atoms with E-state index in [0.717, 1.165) is 13.0 Å². The summed E-state index contributed by atoms with van der Waals surface area (Å²) in [4.78, 5) is 10.8. The molecule has 1 aliphatic carbocycles. The summed E-state index contributed by atoms with van der Waals surface area (Å²) in [5.74, 6) is -1.19. The third kappa shape index (κ3) is 2.09. The highest BCUT2D eigenvalue weighted by Crippen LogP contribution is 2.34. The molecule has 1 saturated heterocycles. The van der Waals surface area contributed by atoms with E-state index in [0.29, 0.717) is 18.9 Å². The molecule has 3 unspecified atom stereocenters. The Morgan fingerprint density at radius 1 is 1.27 bits per heavy atom. The fraction of sp³-hybridized carbons (Fsp3) is 0.889. The Labute approximate surface area is 85.4 Å². The average Bonchev–Trinajstić information content (AvgIpc) is 2.67. The molecule has 0 aromatic carbocycles. The Balaban J connectivity index is 1.93. The van der Waals surface area contributed by atoms with Crippen LogP contribution in [0.3, 0.4) is 0 Å². The van der Waals surface area contributed by atoms with Crippen LogP contribution in [0.5, 0.6) is 0 Å². The first kappa shape index (κ1) is 10.7. The molecule has 2 aliphatic rings. The lowest BCUT2D eigenvalue weighted by atomic mass is 9.98. The van der Waals surface area contributed by atoms with Gasteiger partial charge in [0, 0.05) is 12.6 Å². The van der Waals surface area contributed by atoms with Gasteiger partial charge in [-0.2, -0.15) is 13.2 Å². The summed E-state index contributed by atoms with van der Waals surface area (Å²) in [5.41, 5.74) is 0. The molecule has 2 N–H and O–H groups in total. The SMILES string of the molecule is O=C(NC1CCC2CNCC21)C(F)(F)F. The molecule has 0 aromatic heterocycles. The van der Waals surface area contributed by atoms with Crippen LogP contribution >= 0.6 is 0 Å². The second kappa shape index (κ2) is 3.66. The number of hydrogen-bond acceptors (Lipinski definition) is 2. The van der Waals surface area contributed by atoms with Gasteiger partial charge in [0.25, 0.3) is 0 Å². The van der Waals surface area contributed by atoms with Gasteiger partial charge in [-0.15, -0.1) is 0 Å². The molecule has 0 spiro atoms. The lowest BCUT2D eigenvalue weighted by Crippen LogP contribution is -2.45. The second-order valence-corrected chi connectivity index (χ2v) is 4.24. The molecule has 3 atom stereocenters. The highest BCUT2D eigenvalue weighted by Gasteiger charge is 2.45. The van der Waals surface area contributed by atoms with Crippen LogP contribution in [0.4, 0.5) is 13.2 Å². The number of alkyl halides is 3. The van der Waals surface area contributed by atoms with Gasteiger partial charge in [-0.1, -0.05) is 0 Å². The van der Waals surface area contributed by atoms with Gasteiger partial charge in [0.2, 0.25) is 0 Å². The summed E-state index contributed by atoms with van der Waals surface area (Å²) < 4.78 is 36.1. The summed E-state index contributed by atoms with van der Waals surface area (Å²) in [7, 11) is 0. The first-order valence-electron chi connectivity index (χ1n) is 5.07. The first-order valence-corrected chi connectivity index (χ1v) is 5.07. The summed E-state index contributed by atoms with van der Waals surface area (Å²) in [6.07, 6.45) is -3.19. The molecule has 1 heterocycles. The van der Waals surface area contributed by atoms with E-state index in [1.165, 1.54) is 0 Å². The minimum atomic E-state index is -4.76. The molecule has 2 fully saturated rings. The Bertz CT molecular complexity index is 267. The largest absolute Gasteiger partial charge is 0.471 e. The van der Waals surface area contributed by atoms with E-state index in [1.54, 1.807) is 0 Å². The molecule has 0 radical (unpaired) electrons. The van der Waals surface area contributed by atoms with Crippen molar-refractivity contribution in [3.8, 4) is 0 Å². The number of carbonyl (C=O) groups excluding carboxylic acids is 1. The van der Waals surface area contributed by atoms with E-state index in [4.69, 9.17) is 0 Å². The van der Waals surface area contributed by atoms with Gasteiger partial charge in [-0.25, -0.2) is 0 Å². The van der Waals surface area contributed by atoms with Gasteiger partial charge in [0.1, 0.15) is 0 Å². The van der Waals surface area contributed by atoms with Crippen LogP contribution in [0.15, 0.2) is 0 Å².